The Morgan fingerprint density at radius 3 is 2.62 bits per heavy atom. The van der Waals surface area contributed by atoms with Crippen molar-refractivity contribution in [1.82, 2.24) is 5.32 Å². The highest BCUT2D eigenvalue weighted by Crippen LogP contribution is 2.15. The van der Waals surface area contributed by atoms with Gasteiger partial charge in [-0.1, -0.05) is 6.07 Å². The number of urea groups is 1. The molecule has 0 aliphatic heterocycles. The standard InChI is InChI=1S/C13H16FN3O4/c1-7-2-3-8(14)10(6-7)17-13(21)16-9(12(19)20)4-5-11(15)18/h2-3,6,9H,4-5H2,1H3,(H2,15,18)(H,19,20)(H2,16,17,21)/t9-/m0/s1. The van der Waals surface area contributed by atoms with Crippen molar-refractivity contribution in [3.05, 3.63) is 29.6 Å². The van der Waals surface area contributed by atoms with Crippen molar-refractivity contribution in [2.24, 2.45) is 5.73 Å². The van der Waals surface area contributed by atoms with Crippen molar-refractivity contribution in [1.29, 1.82) is 0 Å². The van der Waals surface area contributed by atoms with E-state index in [-0.39, 0.29) is 18.5 Å². The largest absolute Gasteiger partial charge is 0.480 e. The molecule has 0 unspecified atom stereocenters. The first-order valence-corrected chi connectivity index (χ1v) is 6.14. The minimum absolute atomic E-state index is 0.0634. The van der Waals surface area contributed by atoms with E-state index in [9.17, 15) is 18.8 Å². The van der Waals surface area contributed by atoms with Crippen molar-refractivity contribution < 1.29 is 23.9 Å². The number of halogens is 1. The fraction of sp³-hybridized carbons (Fsp3) is 0.308. The van der Waals surface area contributed by atoms with Crippen LogP contribution in [0, 0.1) is 12.7 Å². The number of hydrogen-bond donors (Lipinski definition) is 4. The van der Waals surface area contributed by atoms with Gasteiger partial charge in [-0.3, -0.25) is 4.79 Å². The minimum Gasteiger partial charge on any atom is -0.480 e. The van der Waals surface area contributed by atoms with Crippen LogP contribution < -0.4 is 16.4 Å². The summed E-state index contributed by atoms with van der Waals surface area (Å²) in [4.78, 5) is 33.3. The molecule has 7 nitrogen and oxygen atoms in total. The highest BCUT2D eigenvalue weighted by atomic mass is 19.1. The molecule has 0 heterocycles. The molecule has 1 aromatic carbocycles. The summed E-state index contributed by atoms with van der Waals surface area (Å²) in [6.07, 6.45) is -0.329. The van der Waals surface area contributed by atoms with Gasteiger partial charge in [0, 0.05) is 6.42 Å². The number of nitrogens with two attached hydrogens (primary N) is 1. The average Bonchev–Trinajstić information content (AvgIpc) is 2.38. The van der Waals surface area contributed by atoms with E-state index >= 15 is 0 Å². The summed E-state index contributed by atoms with van der Waals surface area (Å²) < 4.78 is 13.5. The lowest BCUT2D eigenvalue weighted by atomic mass is 10.1. The molecule has 5 N–H and O–H groups in total. The van der Waals surface area contributed by atoms with Gasteiger partial charge in [0.1, 0.15) is 11.9 Å². The molecule has 0 saturated carbocycles. The molecular formula is C13H16FN3O4. The number of nitrogens with one attached hydrogen (secondary N) is 2. The normalized spacial score (nSPS) is 11.5. The molecule has 0 aliphatic carbocycles. The smallest absolute Gasteiger partial charge is 0.326 e. The maximum absolute atomic E-state index is 13.5. The Bertz CT molecular complexity index is 562. The summed E-state index contributed by atoms with van der Waals surface area (Å²) in [6.45, 7) is 1.72. The highest BCUT2D eigenvalue weighted by molar-refractivity contribution is 5.92. The van der Waals surface area contributed by atoms with E-state index in [2.05, 4.69) is 10.6 Å². The van der Waals surface area contributed by atoms with E-state index in [4.69, 9.17) is 10.8 Å². The molecular weight excluding hydrogens is 281 g/mol. The minimum atomic E-state index is -1.31. The van der Waals surface area contributed by atoms with Gasteiger partial charge in [-0.05, 0) is 31.0 Å². The van der Waals surface area contributed by atoms with Crippen molar-refractivity contribution in [2.75, 3.05) is 5.32 Å². The third kappa shape index (κ3) is 5.47. The summed E-state index contributed by atoms with van der Waals surface area (Å²) >= 11 is 0. The van der Waals surface area contributed by atoms with Gasteiger partial charge >= 0.3 is 12.0 Å². The SMILES string of the molecule is Cc1ccc(F)c(NC(=O)N[C@@H](CCC(N)=O)C(=O)O)c1. The molecule has 1 atom stereocenters. The Hall–Kier alpha value is -2.64. The Labute approximate surface area is 120 Å². The number of carboxylic acid groups (broad SMARTS) is 1. The van der Waals surface area contributed by atoms with E-state index in [0.717, 1.165) is 5.56 Å². The van der Waals surface area contributed by atoms with Crippen molar-refractivity contribution >= 4 is 23.6 Å². The van der Waals surface area contributed by atoms with E-state index in [0.29, 0.717) is 0 Å². The number of rotatable bonds is 6. The molecule has 0 aliphatic rings. The van der Waals surface area contributed by atoms with Crippen LogP contribution in [0.2, 0.25) is 0 Å². The molecule has 21 heavy (non-hydrogen) atoms. The van der Waals surface area contributed by atoms with Gasteiger partial charge < -0.3 is 21.5 Å². The van der Waals surface area contributed by atoms with Gasteiger partial charge in [0.05, 0.1) is 5.69 Å². The van der Waals surface area contributed by atoms with E-state index in [1.165, 1.54) is 18.2 Å². The lowest BCUT2D eigenvalue weighted by Crippen LogP contribution is -2.43. The van der Waals surface area contributed by atoms with Gasteiger partial charge in [0.2, 0.25) is 5.91 Å². The lowest BCUT2D eigenvalue weighted by molar-refractivity contribution is -0.139. The van der Waals surface area contributed by atoms with Crippen LogP contribution in [-0.2, 0) is 9.59 Å². The zero-order chi connectivity index (χ0) is 16.0. The second-order valence-corrected chi connectivity index (χ2v) is 4.48. The second kappa shape index (κ2) is 7.22. The molecule has 3 amide bonds. The van der Waals surface area contributed by atoms with Crippen molar-refractivity contribution in [3.8, 4) is 0 Å². The molecule has 0 saturated heterocycles. The number of benzene rings is 1. The van der Waals surface area contributed by atoms with Gasteiger partial charge in [0.25, 0.3) is 0 Å². The topological polar surface area (TPSA) is 122 Å². The van der Waals surface area contributed by atoms with Crippen LogP contribution in [0.5, 0.6) is 0 Å². The first-order valence-electron chi connectivity index (χ1n) is 6.14. The average molecular weight is 297 g/mol. The number of carboxylic acids is 1. The van der Waals surface area contributed by atoms with Crippen LogP contribution in [0.25, 0.3) is 0 Å². The molecule has 0 bridgehead atoms. The van der Waals surface area contributed by atoms with Gasteiger partial charge in [-0.2, -0.15) is 0 Å². The number of primary amides is 1. The van der Waals surface area contributed by atoms with Crippen molar-refractivity contribution in [2.45, 2.75) is 25.8 Å². The Morgan fingerprint density at radius 1 is 1.38 bits per heavy atom. The van der Waals surface area contributed by atoms with Crippen LogP contribution in [0.3, 0.4) is 0 Å². The molecule has 1 rings (SSSR count). The molecule has 0 spiro atoms. The summed E-state index contributed by atoms with van der Waals surface area (Å²) in [5.41, 5.74) is 5.59. The van der Waals surface area contributed by atoms with E-state index in [1.54, 1.807) is 6.92 Å². The first-order chi connectivity index (χ1) is 9.79. The Balaban J connectivity index is 2.67. The monoisotopic (exact) mass is 297 g/mol. The van der Waals surface area contributed by atoms with Crippen LogP contribution >= 0.6 is 0 Å². The predicted octanol–water partition coefficient (Wildman–Crippen LogP) is 0.974. The number of aryl methyl sites for hydroxylation is 1. The molecule has 114 valence electrons. The van der Waals surface area contributed by atoms with Crippen LogP contribution in [0.4, 0.5) is 14.9 Å². The fourth-order valence-electron chi connectivity index (χ4n) is 1.60. The number of carbonyl (C=O) groups excluding carboxylic acids is 2. The first kappa shape index (κ1) is 16.4. The summed E-state index contributed by atoms with van der Waals surface area (Å²) in [7, 11) is 0. The van der Waals surface area contributed by atoms with Gasteiger partial charge in [-0.15, -0.1) is 0 Å². The number of amides is 3. The maximum Gasteiger partial charge on any atom is 0.326 e. The molecule has 0 aromatic heterocycles. The maximum atomic E-state index is 13.5. The molecule has 0 radical (unpaired) electrons. The Morgan fingerprint density at radius 2 is 2.05 bits per heavy atom. The van der Waals surface area contributed by atoms with Crippen LogP contribution in [-0.4, -0.2) is 29.1 Å². The van der Waals surface area contributed by atoms with Crippen LogP contribution in [0.1, 0.15) is 18.4 Å². The van der Waals surface area contributed by atoms with Gasteiger partial charge in [0.15, 0.2) is 0 Å². The zero-order valence-electron chi connectivity index (χ0n) is 11.4. The second-order valence-electron chi connectivity index (χ2n) is 4.48. The quantitative estimate of drug-likeness (QED) is 0.625. The number of hydrogen-bond acceptors (Lipinski definition) is 3. The number of aliphatic carboxylic acids is 1. The molecule has 8 heteroatoms. The third-order valence-electron chi connectivity index (χ3n) is 2.65. The summed E-state index contributed by atoms with van der Waals surface area (Å²) in [5.74, 6) is -2.62. The fourth-order valence-corrected chi connectivity index (χ4v) is 1.60. The number of anilines is 1. The van der Waals surface area contributed by atoms with Gasteiger partial charge in [-0.25, -0.2) is 14.0 Å². The summed E-state index contributed by atoms with van der Waals surface area (Å²) in [5, 5.41) is 13.3. The van der Waals surface area contributed by atoms with E-state index < -0.39 is 29.8 Å². The zero-order valence-corrected chi connectivity index (χ0v) is 11.4. The highest BCUT2D eigenvalue weighted by Gasteiger charge is 2.21. The van der Waals surface area contributed by atoms with E-state index in [1.807, 2.05) is 0 Å². The number of carbonyl (C=O) groups is 3. The Kier molecular flexibility index (Phi) is 5.65. The lowest BCUT2D eigenvalue weighted by Gasteiger charge is -2.15. The van der Waals surface area contributed by atoms with Crippen molar-refractivity contribution in [3.63, 3.8) is 0 Å². The molecule has 1 aromatic rings. The summed E-state index contributed by atoms with van der Waals surface area (Å²) in [6, 6.07) is 1.97. The molecule has 0 fully saturated rings. The predicted molar refractivity (Wildman–Crippen MR) is 73.1 cm³/mol. The third-order valence-corrected chi connectivity index (χ3v) is 2.65. The van der Waals surface area contributed by atoms with Crippen LogP contribution in [0.15, 0.2) is 18.2 Å².